The topological polar surface area (TPSA) is 67.4 Å². The summed E-state index contributed by atoms with van der Waals surface area (Å²) in [6, 6.07) is 12.5. The molecular weight excluding hydrogens is 557 g/mol. The van der Waals surface area contributed by atoms with Gasteiger partial charge in [0.2, 0.25) is 0 Å². The van der Waals surface area contributed by atoms with Crippen molar-refractivity contribution < 1.29 is 14.3 Å². The summed E-state index contributed by atoms with van der Waals surface area (Å²) in [4.78, 5) is 14.4. The molecule has 0 amide bonds. The molecule has 0 bridgehead atoms. The van der Waals surface area contributed by atoms with E-state index >= 15 is 0 Å². The van der Waals surface area contributed by atoms with E-state index in [0.29, 0.717) is 11.8 Å². The number of hydrogen-bond acceptors (Lipinski definition) is 5. The van der Waals surface area contributed by atoms with Crippen LogP contribution in [-0.4, -0.2) is 46.3 Å². The van der Waals surface area contributed by atoms with Crippen molar-refractivity contribution in [2.24, 2.45) is 11.8 Å². The van der Waals surface area contributed by atoms with Gasteiger partial charge in [-0.2, -0.15) is 5.10 Å². The number of alkyl halides is 1. The van der Waals surface area contributed by atoms with E-state index in [1.165, 1.54) is 16.7 Å². The first-order valence-corrected chi connectivity index (χ1v) is 14.3. The van der Waals surface area contributed by atoms with E-state index in [0.717, 1.165) is 61.0 Å². The Labute approximate surface area is 246 Å². The molecule has 2 heterocycles. The van der Waals surface area contributed by atoms with Crippen molar-refractivity contribution in [2.75, 3.05) is 19.7 Å². The highest BCUT2D eigenvalue weighted by Crippen LogP contribution is 2.36. The normalized spacial score (nSPS) is 17.7. The van der Waals surface area contributed by atoms with E-state index in [-0.39, 0.29) is 41.8 Å². The molecule has 1 saturated heterocycles. The Kier molecular flexibility index (Phi) is 9.87. The van der Waals surface area contributed by atoms with E-state index in [1.54, 1.807) is 0 Å². The maximum atomic E-state index is 12.1. The number of aromatic amines is 1. The standard InChI is InChI=1S/C30H35Cl2N3O3.ClH/c1-4-37-30(36)19-11-13-35(14-12-19)29(32)23-6-5-21-16-24(9-7-20(21)15-23)38-27(18(2)3)22-8-10-26-25(17-22)28(31)34-33-26;/h7-10,15-19,27,29H,4-6,11-14H2,1-3H3,(H,33,34);1H. The maximum Gasteiger partial charge on any atom is 0.309 e. The van der Waals surface area contributed by atoms with E-state index < -0.39 is 0 Å². The van der Waals surface area contributed by atoms with Gasteiger partial charge in [-0.1, -0.05) is 43.7 Å². The third kappa shape index (κ3) is 6.57. The van der Waals surface area contributed by atoms with Crippen LogP contribution in [0.3, 0.4) is 0 Å². The molecular formula is C30H36Cl3N3O3. The number of fused-ring (bicyclic) bond motifs is 2. The summed E-state index contributed by atoms with van der Waals surface area (Å²) in [6.45, 7) is 8.22. The van der Waals surface area contributed by atoms with Gasteiger partial charge < -0.3 is 9.47 Å². The lowest BCUT2D eigenvalue weighted by atomic mass is 9.90. The second-order valence-electron chi connectivity index (χ2n) is 10.6. The van der Waals surface area contributed by atoms with Crippen molar-refractivity contribution in [1.29, 1.82) is 0 Å². The molecule has 2 atom stereocenters. The SMILES string of the molecule is CCOC(=O)C1CCN(C(Cl)C2=Cc3ccc(OC(c4ccc5[nH]nc(Cl)c5c4)C(C)C)cc3CC2)CC1.Cl. The van der Waals surface area contributed by atoms with Gasteiger partial charge in [-0.15, -0.1) is 24.0 Å². The molecule has 2 unspecified atom stereocenters. The number of nitrogens with one attached hydrogen (secondary N) is 1. The largest absolute Gasteiger partial charge is 0.485 e. The van der Waals surface area contributed by atoms with Gasteiger partial charge in [0.05, 0.1) is 18.0 Å². The first-order chi connectivity index (χ1) is 18.3. The van der Waals surface area contributed by atoms with Crippen LogP contribution >= 0.6 is 35.6 Å². The number of H-pyrrole nitrogens is 1. The van der Waals surface area contributed by atoms with Crippen molar-refractivity contribution >= 4 is 58.6 Å². The molecule has 0 saturated carbocycles. The molecule has 39 heavy (non-hydrogen) atoms. The fourth-order valence-corrected chi connectivity index (χ4v) is 6.09. The average molecular weight is 593 g/mol. The van der Waals surface area contributed by atoms with Gasteiger partial charge in [0.25, 0.3) is 0 Å². The van der Waals surface area contributed by atoms with Crippen LogP contribution in [0.25, 0.3) is 17.0 Å². The van der Waals surface area contributed by atoms with Crippen LogP contribution in [0.1, 0.15) is 62.8 Å². The van der Waals surface area contributed by atoms with Crippen LogP contribution < -0.4 is 4.74 Å². The van der Waals surface area contributed by atoms with Gasteiger partial charge in [0, 0.05) is 18.5 Å². The Hall–Kier alpha value is -2.25. The highest BCUT2D eigenvalue weighted by atomic mass is 35.5. The number of ether oxygens (including phenoxy) is 2. The van der Waals surface area contributed by atoms with Crippen LogP contribution in [0, 0.1) is 11.8 Å². The maximum absolute atomic E-state index is 12.1. The number of likely N-dealkylation sites (tertiary alicyclic amines) is 1. The Balaban J connectivity index is 0.00000353. The molecule has 6 nitrogen and oxygen atoms in total. The second kappa shape index (κ2) is 12.9. The third-order valence-corrected chi connectivity index (χ3v) is 8.50. The van der Waals surface area contributed by atoms with Crippen molar-refractivity contribution in [3.63, 3.8) is 0 Å². The molecule has 5 rings (SSSR count). The average Bonchev–Trinajstić information content (AvgIpc) is 3.30. The Morgan fingerprint density at radius 3 is 2.64 bits per heavy atom. The number of rotatable bonds is 8. The summed E-state index contributed by atoms with van der Waals surface area (Å²) in [5, 5.41) is 8.43. The van der Waals surface area contributed by atoms with Crippen molar-refractivity contribution in [3.05, 3.63) is 63.8 Å². The summed E-state index contributed by atoms with van der Waals surface area (Å²) < 4.78 is 11.7. The minimum Gasteiger partial charge on any atom is -0.485 e. The van der Waals surface area contributed by atoms with E-state index in [4.69, 9.17) is 32.7 Å². The number of hydrogen-bond donors (Lipinski definition) is 1. The van der Waals surface area contributed by atoms with Crippen LogP contribution in [0.5, 0.6) is 5.75 Å². The fraction of sp³-hybridized carbons (Fsp3) is 0.467. The van der Waals surface area contributed by atoms with Crippen molar-refractivity contribution in [3.8, 4) is 5.75 Å². The third-order valence-electron chi connectivity index (χ3n) is 7.65. The van der Waals surface area contributed by atoms with Crippen LogP contribution in [0.2, 0.25) is 5.15 Å². The molecule has 1 aromatic heterocycles. The minimum atomic E-state index is -0.155. The number of carbonyl (C=O) groups excluding carboxylic acids is 1. The Bertz CT molecular complexity index is 1330. The van der Waals surface area contributed by atoms with Gasteiger partial charge in [-0.25, -0.2) is 0 Å². The zero-order chi connectivity index (χ0) is 26.8. The fourth-order valence-electron chi connectivity index (χ4n) is 5.52. The quantitative estimate of drug-likeness (QED) is 0.166. The molecule has 210 valence electrons. The molecule has 1 fully saturated rings. The number of halogens is 3. The zero-order valence-corrected chi connectivity index (χ0v) is 24.9. The molecule has 1 aliphatic heterocycles. The highest BCUT2D eigenvalue weighted by molar-refractivity contribution is 6.34. The summed E-state index contributed by atoms with van der Waals surface area (Å²) in [5.74, 6) is 1.04. The summed E-state index contributed by atoms with van der Waals surface area (Å²) >= 11 is 13.2. The highest BCUT2D eigenvalue weighted by Gasteiger charge is 2.31. The molecule has 3 aromatic rings. The molecule has 9 heteroatoms. The predicted molar refractivity (Wildman–Crippen MR) is 160 cm³/mol. The number of piperidine rings is 1. The van der Waals surface area contributed by atoms with E-state index in [2.05, 4.69) is 59.3 Å². The lowest BCUT2D eigenvalue weighted by molar-refractivity contribution is -0.149. The van der Waals surface area contributed by atoms with Gasteiger partial charge in [-0.3, -0.25) is 14.8 Å². The molecule has 0 spiro atoms. The van der Waals surface area contributed by atoms with Crippen LogP contribution in [0.15, 0.2) is 42.0 Å². The van der Waals surface area contributed by atoms with E-state index in [9.17, 15) is 4.79 Å². The predicted octanol–water partition coefficient (Wildman–Crippen LogP) is 7.58. The van der Waals surface area contributed by atoms with Crippen molar-refractivity contribution in [2.45, 2.75) is 58.1 Å². The Morgan fingerprint density at radius 2 is 1.92 bits per heavy atom. The van der Waals surface area contributed by atoms with Gasteiger partial charge in [-0.05, 0) is 85.1 Å². The zero-order valence-electron chi connectivity index (χ0n) is 22.6. The Morgan fingerprint density at radius 1 is 1.15 bits per heavy atom. The lowest BCUT2D eigenvalue weighted by Crippen LogP contribution is -2.41. The number of nitrogens with zero attached hydrogens (tertiary/aromatic N) is 2. The number of carbonyl (C=O) groups is 1. The number of aromatic nitrogens is 2. The number of aryl methyl sites for hydroxylation is 1. The molecule has 2 aromatic carbocycles. The smallest absolute Gasteiger partial charge is 0.309 e. The van der Waals surface area contributed by atoms with Crippen LogP contribution in [0.4, 0.5) is 0 Å². The molecule has 2 aliphatic rings. The van der Waals surface area contributed by atoms with Crippen molar-refractivity contribution in [1.82, 2.24) is 15.1 Å². The summed E-state index contributed by atoms with van der Waals surface area (Å²) in [7, 11) is 0. The first kappa shape index (κ1) is 29.7. The number of benzene rings is 2. The molecule has 1 N–H and O–H groups in total. The summed E-state index contributed by atoms with van der Waals surface area (Å²) in [6.07, 6.45) is 5.54. The lowest BCUT2D eigenvalue weighted by Gasteiger charge is -2.35. The minimum absolute atomic E-state index is 0. The monoisotopic (exact) mass is 591 g/mol. The first-order valence-electron chi connectivity index (χ1n) is 13.5. The van der Waals surface area contributed by atoms with Gasteiger partial charge in [0.15, 0.2) is 5.15 Å². The second-order valence-corrected chi connectivity index (χ2v) is 11.4. The van der Waals surface area contributed by atoms with Gasteiger partial charge >= 0.3 is 5.97 Å². The van der Waals surface area contributed by atoms with Crippen LogP contribution in [-0.2, 0) is 16.0 Å². The van der Waals surface area contributed by atoms with Gasteiger partial charge in [0.1, 0.15) is 17.4 Å². The van der Waals surface area contributed by atoms with E-state index in [1.807, 2.05) is 19.1 Å². The number of esters is 1. The molecule has 0 radical (unpaired) electrons. The molecule has 1 aliphatic carbocycles. The summed E-state index contributed by atoms with van der Waals surface area (Å²) in [5.41, 5.74) is 5.53.